The van der Waals surface area contributed by atoms with Gasteiger partial charge in [0.2, 0.25) is 5.91 Å². The number of rotatable bonds is 4. The highest BCUT2D eigenvalue weighted by Gasteiger charge is 2.23. The summed E-state index contributed by atoms with van der Waals surface area (Å²) < 4.78 is 5.10. The summed E-state index contributed by atoms with van der Waals surface area (Å²) in [4.78, 5) is 12.2. The number of anilines is 1. The molecular formula is C18H20N2O2S. The molecule has 0 aliphatic carbocycles. The Labute approximate surface area is 140 Å². The number of nitrogens with one attached hydrogen (secondary N) is 1. The number of carbonyl (C=O) groups excluding carboxylic acids is 1. The summed E-state index contributed by atoms with van der Waals surface area (Å²) in [7, 11) is 1.61. The van der Waals surface area contributed by atoms with E-state index in [0.717, 1.165) is 16.9 Å². The van der Waals surface area contributed by atoms with Crippen molar-refractivity contribution in [3.8, 4) is 11.8 Å². The number of amides is 1. The summed E-state index contributed by atoms with van der Waals surface area (Å²) in [5.41, 5.74) is 2.30. The highest BCUT2D eigenvalue weighted by Crippen LogP contribution is 2.35. The van der Waals surface area contributed by atoms with Crippen molar-refractivity contribution in [1.82, 2.24) is 0 Å². The molecule has 0 unspecified atom stereocenters. The van der Waals surface area contributed by atoms with Crippen molar-refractivity contribution >= 4 is 22.2 Å². The summed E-state index contributed by atoms with van der Waals surface area (Å²) in [6.45, 7) is 6.16. The van der Waals surface area contributed by atoms with E-state index >= 15 is 0 Å². The molecule has 1 amide bonds. The molecule has 5 heteroatoms. The van der Waals surface area contributed by atoms with Gasteiger partial charge in [-0.25, -0.2) is 0 Å². The maximum Gasteiger partial charge on any atom is 0.229 e. The Hall–Kier alpha value is -2.32. The molecule has 0 spiro atoms. The van der Waals surface area contributed by atoms with Gasteiger partial charge in [-0.15, -0.1) is 11.3 Å². The third-order valence-corrected chi connectivity index (χ3v) is 4.38. The molecule has 0 fully saturated rings. The van der Waals surface area contributed by atoms with Crippen molar-refractivity contribution in [1.29, 1.82) is 5.26 Å². The fraction of sp³-hybridized carbons (Fsp3) is 0.333. The van der Waals surface area contributed by atoms with E-state index in [1.54, 1.807) is 7.11 Å². The van der Waals surface area contributed by atoms with Crippen molar-refractivity contribution in [2.45, 2.75) is 32.6 Å². The van der Waals surface area contributed by atoms with Crippen molar-refractivity contribution in [2.24, 2.45) is 0 Å². The van der Waals surface area contributed by atoms with Gasteiger partial charge in [-0.05, 0) is 34.1 Å². The number of nitrogens with zero attached hydrogens (tertiary/aromatic N) is 1. The quantitative estimate of drug-likeness (QED) is 0.919. The second-order valence-electron chi connectivity index (χ2n) is 6.29. The number of ether oxygens (including phenoxy) is 1. The Morgan fingerprint density at radius 1 is 1.30 bits per heavy atom. The lowest BCUT2D eigenvalue weighted by Gasteiger charge is -2.17. The largest absolute Gasteiger partial charge is 0.497 e. The average Bonchev–Trinajstić information content (AvgIpc) is 2.90. The van der Waals surface area contributed by atoms with Gasteiger partial charge in [0.05, 0.1) is 19.1 Å². The van der Waals surface area contributed by atoms with Crippen molar-refractivity contribution in [3.63, 3.8) is 0 Å². The van der Waals surface area contributed by atoms with Gasteiger partial charge in [-0.1, -0.05) is 32.9 Å². The Balaban J connectivity index is 2.11. The van der Waals surface area contributed by atoms with Crippen LogP contribution < -0.4 is 10.1 Å². The molecule has 2 aromatic rings. The van der Waals surface area contributed by atoms with Gasteiger partial charge in [0.1, 0.15) is 16.8 Å². The highest BCUT2D eigenvalue weighted by atomic mass is 32.1. The van der Waals surface area contributed by atoms with Crippen molar-refractivity contribution in [3.05, 3.63) is 46.3 Å². The first-order chi connectivity index (χ1) is 10.8. The van der Waals surface area contributed by atoms with Gasteiger partial charge < -0.3 is 10.1 Å². The summed E-state index contributed by atoms with van der Waals surface area (Å²) in [6.07, 6.45) is 0.262. The van der Waals surface area contributed by atoms with Gasteiger partial charge in [-0.2, -0.15) is 5.26 Å². The zero-order valence-corrected chi connectivity index (χ0v) is 14.6. The number of thiophene rings is 1. The SMILES string of the molecule is COc1ccc(CC(=O)Nc2scc(C(C)(C)C)c2C#N)cc1. The average molecular weight is 328 g/mol. The molecule has 0 aliphatic rings. The number of methoxy groups -OCH3 is 1. The van der Waals surface area contributed by atoms with Crippen LogP contribution in [0.25, 0.3) is 0 Å². The molecule has 23 heavy (non-hydrogen) atoms. The highest BCUT2D eigenvalue weighted by molar-refractivity contribution is 7.14. The molecule has 0 saturated carbocycles. The molecule has 1 heterocycles. The van der Waals surface area contributed by atoms with Crippen LogP contribution in [0.15, 0.2) is 29.6 Å². The second-order valence-corrected chi connectivity index (χ2v) is 7.17. The molecule has 1 aromatic heterocycles. The summed E-state index contributed by atoms with van der Waals surface area (Å²) >= 11 is 1.40. The third kappa shape index (κ3) is 4.11. The van der Waals surface area contributed by atoms with Crippen LogP contribution in [0.4, 0.5) is 5.00 Å². The Morgan fingerprint density at radius 3 is 2.48 bits per heavy atom. The summed E-state index contributed by atoms with van der Waals surface area (Å²) in [5.74, 6) is 0.628. The van der Waals surface area contributed by atoms with Crippen molar-refractivity contribution in [2.75, 3.05) is 12.4 Å². The van der Waals surface area contributed by atoms with Crippen molar-refractivity contribution < 1.29 is 9.53 Å². The lowest BCUT2D eigenvalue weighted by molar-refractivity contribution is -0.115. The fourth-order valence-corrected chi connectivity index (χ4v) is 3.37. The van der Waals surface area contributed by atoms with Gasteiger partial charge >= 0.3 is 0 Å². The van der Waals surface area contributed by atoms with E-state index < -0.39 is 0 Å². The van der Waals surface area contributed by atoms with Gasteiger partial charge in [0.25, 0.3) is 0 Å². The van der Waals surface area contributed by atoms with Crippen LogP contribution in [0.5, 0.6) is 5.75 Å². The predicted octanol–water partition coefficient (Wildman–Crippen LogP) is 4.11. The summed E-state index contributed by atoms with van der Waals surface area (Å²) in [6, 6.07) is 9.58. The van der Waals surface area contributed by atoms with Gasteiger partial charge in [0.15, 0.2) is 0 Å². The smallest absolute Gasteiger partial charge is 0.229 e. The number of nitriles is 1. The van der Waals surface area contributed by atoms with E-state index in [1.807, 2.05) is 29.6 Å². The van der Waals surface area contributed by atoms with Gasteiger partial charge in [0, 0.05) is 0 Å². The van der Waals surface area contributed by atoms with Crippen LogP contribution in [-0.4, -0.2) is 13.0 Å². The van der Waals surface area contributed by atoms with Crippen LogP contribution in [0.1, 0.15) is 37.5 Å². The Bertz CT molecular complexity index is 734. The lowest BCUT2D eigenvalue weighted by Crippen LogP contribution is -2.16. The number of benzene rings is 1. The second kappa shape index (κ2) is 6.84. The zero-order valence-electron chi connectivity index (χ0n) is 13.8. The molecule has 1 aromatic carbocycles. The van der Waals surface area contributed by atoms with E-state index in [2.05, 4.69) is 32.2 Å². The topological polar surface area (TPSA) is 62.1 Å². The van der Waals surface area contributed by atoms with E-state index in [9.17, 15) is 10.1 Å². The first-order valence-corrected chi connectivity index (χ1v) is 8.18. The molecule has 120 valence electrons. The van der Waals surface area contributed by atoms with E-state index in [1.165, 1.54) is 11.3 Å². The standard InChI is InChI=1S/C18H20N2O2S/c1-18(2,3)15-11-23-17(14(15)10-19)20-16(21)9-12-5-7-13(22-4)8-6-12/h5-8,11H,9H2,1-4H3,(H,20,21). The van der Waals surface area contributed by atoms with Crippen LogP contribution in [0.3, 0.4) is 0 Å². The van der Waals surface area contributed by atoms with E-state index in [-0.39, 0.29) is 17.7 Å². The van der Waals surface area contributed by atoms with Crippen LogP contribution in [0.2, 0.25) is 0 Å². The number of hydrogen-bond acceptors (Lipinski definition) is 4. The lowest BCUT2D eigenvalue weighted by atomic mass is 9.86. The van der Waals surface area contributed by atoms with Crippen LogP contribution in [-0.2, 0) is 16.6 Å². The van der Waals surface area contributed by atoms with Crippen LogP contribution in [0, 0.1) is 11.3 Å². The predicted molar refractivity (Wildman–Crippen MR) is 93.1 cm³/mol. The monoisotopic (exact) mass is 328 g/mol. The minimum atomic E-state index is -0.131. The fourth-order valence-electron chi connectivity index (χ4n) is 2.21. The van der Waals surface area contributed by atoms with E-state index in [4.69, 9.17) is 4.74 Å². The molecular weight excluding hydrogens is 308 g/mol. The minimum Gasteiger partial charge on any atom is -0.497 e. The zero-order chi connectivity index (χ0) is 17.0. The van der Waals surface area contributed by atoms with Gasteiger partial charge in [-0.3, -0.25) is 4.79 Å². The molecule has 4 nitrogen and oxygen atoms in total. The molecule has 0 atom stereocenters. The molecule has 0 saturated heterocycles. The summed E-state index contributed by atoms with van der Waals surface area (Å²) in [5, 5.41) is 14.8. The maximum absolute atomic E-state index is 12.2. The molecule has 1 N–H and O–H groups in total. The minimum absolute atomic E-state index is 0.124. The third-order valence-electron chi connectivity index (χ3n) is 3.49. The molecule has 0 bridgehead atoms. The molecule has 0 aliphatic heterocycles. The van der Waals surface area contributed by atoms with Crippen LogP contribution >= 0.6 is 11.3 Å². The first kappa shape index (κ1) is 17.0. The maximum atomic E-state index is 12.2. The molecule has 2 rings (SSSR count). The normalized spacial score (nSPS) is 10.9. The molecule has 0 radical (unpaired) electrons. The first-order valence-electron chi connectivity index (χ1n) is 7.30. The number of carbonyl (C=O) groups is 1. The Morgan fingerprint density at radius 2 is 1.96 bits per heavy atom. The van der Waals surface area contributed by atoms with E-state index in [0.29, 0.717) is 10.6 Å². The Kier molecular flexibility index (Phi) is 5.07. The number of hydrogen-bond donors (Lipinski definition) is 1.